The lowest BCUT2D eigenvalue weighted by Crippen LogP contribution is -2.46. The highest BCUT2D eigenvalue weighted by molar-refractivity contribution is 6.03. The molecule has 0 spiro atoms. The van der Waals surface area contributed by atoms with Crippen molar-refractivity contribution < 1.29 is 23.6 Å². The van der Waals surface area contributed by atoms with Crippen LogP contribution in [-0.4, -0.2) is 39.4 Å². The molecule has 0 aliphatic carbocycles. The van der Waals surface area contributed by atoms with Crippen LogP contribution in [0.25, 0.3) is 0 Å². The second kappa shape index (κ2) is 7.72. The third-order valence-electron chi connectivity index (χ3n) is 3.02. The van der Waals surface area contributed by atoms with Gasteiger partial charge in [-0.15, -0.1) is 0 Å². The van der Waals surface area contributed by atoms with Gasteiger partial charge in [0.05, 0.1) is 0 Å². The van der Waals surface area contributed by atoms with Crippen molar-refractivity contribution in [1.29, 1.82) is 0 Å². The van der Waals surface area contributed by atoms with Crippen molar-refractivity contribution in [2.45, 2.75) is 39.3 Å². The zero-order valence-electron chi connectivity index (χ0n) is 14.9. The van der Waals surface area contributed by atoms with E-state index in [0.717, 1.165) is 0 Å². The van der Waals surface area contributed by atoms with Crippen molar-refractivity contribution >= 4 is 23.7 Å². The molecule has 1 atom stereocenters. The number of carbonyl (C=O) groups is 3. The van der Waals surface area contributed by atoms with E-state index in [1.807, 2.05) is 0 Å². The Morgan fingerprint density at radius 2 is 2.00 bits per heavy atom. The summed E-state index contributed by atoms with van der Waals surface area (Å²) >= 11 is 0. The first-order valence-corrected chi connectivity index (χ1v) is 7.85. The predicted molar refractivity (Wildman–Crippen MR) is 92.1 cm³/mol. The highest BCUT2D eigenvalue weighted by atomic mass is 16.6. The largest absolute Gasteiger partial charge is 0.444 e. The monoisotopic (exact) mass is 363 g/mol. The lowest BCUT2D eigenvalue weighted by Gasteiger charge is -2.22. The van der Waals surface area contributed by atoms with Gasteiger partial charge in [-0.05, 0) is 39.8 Å². The minimum absolute atomic E-state index is 0.172. The molecule has 10 nitrogen and oxygen atoms in total. The fraction of sp³-hybridized carbons (Fsp3) is 0.375. The number of nitrogens with one attached hydrogen (secondary N) is 3. The SMILES string of the molecule is C[C@H](NC(=O)OC(C)(C)C)C(=O)Nn1cccc1C(=O)Nc1ccon1. The van der Waals surface area contributed by atoms with Gasteiger partial charge in [0.15, 0.2) is 5.82 Å². The molecule has 2 rings (SSSR count). The Kier molecular flexibility index (Phi) is 5.65. The van der Waals surface area contributed by atoms with Crippen LogP contribution in [0.15, 0.2) is 35.2 Å². The fourth-order valence-corrected chi connectivity index (χ4v) is 1.89. The molecular formula is C16H21N5O5. The van der Waals surface area contributed by atoms with E-state index in [1.54, 1.807) is 26.8 Å². The summed E-state index contributed by atoms with van der Waals surface area (Å²) in [5.74, 6) is -0.770. The Morgan fingerprint density at radius 1 is 1.27 bits per heavy atom. The normalized spacial score (nSPS) is 12.2. The summed E-state index contributed by atoms with van der Waals surface area (Å²) < 4.78 is 11.0. The molecule has 140 valence electrons. The van der Waals surface area contributed by atoms with Crippen LogP contribution < -0.4 is 16.1 Å². The first kappa shape index (κ1) is 19.0. The molecule has 0 saturated heterocycles. The zero-order valence-corrected chi connectivity index (χ0v) is 14.9. The predicted octanol–water partition coefficient (Wildman–Crippen LogP) is 1.71. The van der Waals surface area contributed by atoms with Crippen molar-refractivity contribution in [3.63, 3.8) is 0 Å². The molecule has 0 radical (unpaired) electrons. The number of ether oxygens (including phenoxy) is 1. The number of carbonyl (C=O) groups excluding carboxylic acids is 3. The van der Waals surface area contributed by atoms with Crippen molar-refractivity contribution in [2.75, 3.05) is 10.7 Å². The number of alkyl carbamates (subject to hydrolysis) is 1. The minimum atomic E-state index is -0.876. The van der Waals surface area contributed by atoms with E-state index in [0.29, 0.717) is 0 Å². The summed E-state index contributed by atoms with van der Waals surface area (Å²) in [5, 5.41) is 8.53. The number of anilines is 1. The molecule has 0 fully saturated rings. The number of aromatic nitrogens is 2. The molecule has 2 heterocycles. The van der Waals surface area contributed by atoms with Crippen LogP contribution >= 0.6 is 0 Å². The molecule has 2 aromatic rings. The lowest BCUT2D eigenvalue weighted by molar-refractivity contribution is -0.118. The van der Waals surface area contributed by atoms with E-state index in [9.17, 15) is 14.4 Å². The maximum absolute atomic E-state index is 12.2. The smallest absolute Gasteiger partial charge is 0.408 e. The van der Waals surface area contributed by atoms with Crippen LogP contribution in [0.5, 0.6) is 0 Å². The molecule has 3 amide bonds. The third kappa shape index (κ3) is 5.36. The Labute approximate surface area is 149 Å². The Hall–Kier alpha value is -3.30. The summed E-state index contributed by atoms with van der Waals surface area (Å²) in [7, 11) is 0. The second-order valence-corrected chi connectivity index (χ2v) is 6.45. The van der Waals surface area contributed by atoms with E-state index >= 15 is 0 Å². The van der Waals surface area contributed by atoms with Crippen LogP contribution in [0, 0.1) is 0 Å². The molecule has 0 aliphatic rings. The van der Waals surface area contributed by atoms with Crippen molar-refractivity contribution in [1.82, 2.24) is 15.1 Å². The molecule has 26 heavy (non-hydrogen) atoms. The van der Waals surface area contributed by atoms with Crippen LogP contribution in [0.1, 0.15) is 38.2 Å². The molecule has 0 bridgehead atoms. The number of rotatable bonds is 5. The van der Waals surface area contributed by atoms with Gasteiger partial charge in [-0.1, -0.05) is 5.16 Å². The first-order chi connectivity index (χ1) is 12.2. The van der Waals surface area contributed by atoms with Crippen LogP contribution in [0.3, 0.4) is 0 Å². The zero-order chi connectivity index (χ0) is 19.3. The van der Waals surface area contributed by atoms with Gasteiger partial charge in [-0.25, -0.2) is 4.79 Å². The molecule has 3 N–H and O–H groups in total. The first-order valence-electron chi connectivity index (χ1n) is 7.85. The summed E-state index contributed by atoms with van der Waals surface area (Å²) in [6.45, 7) is 6.66. The number of nitrogens with zero attached hydrogens (tertiary/aromatic N) is 2. The van der Waals surface area contributed by atoms with E-state index in [-0.39, 0.29) is 11.5 Å². The van der Waals surface area contributed by atoms with Gasteiger partial charge >= 0.3 is 6.09 Å². The van der Waals surface area contributed by atoms with Crippen LogP contribution in [-0.2, 0) is 9.53 Å². The van der Waals surface area contributed by atoms with Crippen LogP contribution in [0.2, 0.25) is 0 Å². The van der Waals surface area contributed by atoms with Crippen molar-refractivity contribution in [3.05, 3.63) is 36.4 Å². The molecule has 0 unspecified atom stereocenters. The highest BCUT2D eigenvalue weighted by Gasteiger charge is 2.22. The third-order valence-corrected chi connectivity index (χ3v) is 3.02. The number of amides is 3. The second-order valence-electron chi connectivity index (χ2n) is 6.45. The molecular weight excluding hydrogens is 342 g/mol. The van der Waals surface area contributed by atoms with Crippen molar-refractivity contribution in [2.24, 2.45) is 0 Å². The lowest BCUT2D eigenvalue weighted by atomic mass is 10.2. The summed E-state index contributed by atoms with van der Waals surface area (Å²) in [4.78, 5) is 36.2. The van der Waals surface area contributed by atoms with Crippen LogP contribution in [0.4, 0.5) is 10.6 Å². The molecule has 0 saturated carbocycles. The Bertz CT molecular complexity index is 775. The summed E-state index contributed by atoms with van der Waals surface area (Å²) in [6.07, 6.45) is 2.10. The Balaban J connectivity index is 1.96. The number of hydrogen-bond acceptors (Lipinski definition) is 6. The van der Waals surface area contributed by atoms with Gasteiger partial charge in [0.2, 0.25) is 0 Å². The van der Waals surface area contributed by atoms with Gasteiger partial charge in [0, 0.05) is 12.3 Å². The molecule has 0 aromatic carbocycles. The highest BCUT2D eigenvalue weighted by Crippen LogP contribution is 2.08. The van der Waals surface area contributed by atoms with E-state index < -0.39 is 29.6 Å². The maximum atomic E-state index is 12.2. The van der Waals surface area contributed by atoms with Gasteiger partial charge in [0.1, 0.15) is 23.6 Å². The van der Waals surface area contributed by atoms with Gasteiger partial charge in [0.25, 0.3) is 11.8 Å². The molecule has 10 heteroatoms. The quantitative estimate of drug-likeness (QED) is 0.742. The van der Waals surface area contributed by atoms with Crippen molar-refractivity contribution in [3.8, 4) is 0 Å². The van der Waals surface area contributed by atoms with E-state index in [4.69, 9.17) is 4.74 Å². The minimum Gasteiger partial charge on any atom is -0.444 e. The average molecular weight is 363 g/mol. The maximum Gasteiger partial charge on any atom is 0.408 e. The number of hydrogen-bond donors (Lipinski definition) is 3. The topological polar surface area (TPSA) is 127 Å². The summed E-state index contributed by atoms with van der Waals surface area (Å²) in [5.41, 5.74) is 2.02. The molecule has 0 aliphatic heterocycles. The van der Waals surface area contributed by atoms with Gasteiger partial charge < -0.3 is 19.9 Å². The summed E-state index contributed by atoms with van der Waals surface area (Å²) in [6, 6.07) is 3.71. The standard InChI is InChI=1S/C16H21N5O5/c1-10(17-15(24)26-16(2,3)4)13(22)19-21-8-5-6-11(21)14(23)18-12-7-9-25-20-12/h5-10H,1-4H3,(H,17,24)(H,19,22)(H,18,20,23)/t10-/m0/s1. The van der Waals surface area contributed by atoms with Gasteiger partial charge in [-0.3, -0.25) is 19.7 Å². The van der Waals surface area contributed by atoms with E-state index in [1.165, 1.54) is 36.2 Å². The average Bonchev–Trinajstić information content (AvgIpc) is 3.16. The fourth-order valence-electron chi connectivity index (χ4n) is 1.89. The molecule has 2 aromatic heterocycles. The van der Waals surface area contributed by atoms with Gasteiger partial charge in [-0.2, -0.15) is 0 Å². The van der Waals surface area contributed by atoms with E-state index in [2.05, 4.69) is 25.7 Å². The Morgan fingerprint density at radius 3 is 2.62 bits per heavy atom.